The second-order valence-corrected chi connectivity index (χ2v) is 9.88. The van der Waals surface area contributed by atoms with Crippen LogP contribution in [0.4, 0.5) is 0 Å². The average Bonchev–Trinajstić information content (AvgIpc) is 3.20. The van der Waals surface area contributed by atoms with Crippen LogP contribution in [0.5, 0.6) is 11.5 Å². The molecule has 7 heteroatoms. The number of esters is 1. The quantitative estimate of drug-likeness (QED) is 0.365. The number of para-hydroxylation sites is 1. The summed E-state index contributed by atoms with van der Waals surface area (Å²) in [7, 11) is 0. The normalized spacial score (nSPS) is 19.0. The standard InChI is InChI=1S/C27H28O6S/c1-19-12-14-23(15-13-19)34(29)33-27(2,3)24-17-25(28)32-26(24)30-18-20-8-7-11-22(16-20)31-21-9-5-4-6-10-21/h4-16,24,26H,17-18H2,1-3H3. The summed E-state index contributed by atoms with van der Waals surface area (Å²) in [5, 5.41) is 0. The van der Waals surface area contributed by atoms with Crippen molar-refractivity contribution in [2.45, 2.75) is 50.6 Å². The van der Waals surface area contributed by atoms with Gasteiger partial charge in [0.2, 0.25) is 6.29 Å². The number of carbonyl (C=O) groups excluding carboxylic acids is 1. The molecule has 1 aliphatic rings. The summed E-state index contributed by atoms with van der Waals surface area (Å²) >= 11 is -1.68. The van der Waals surface area contributed by atoms with Gasteiger partial charge in [-0.25, -0.2) is 4.21 Å². The fourth-order valence-corrected chi connectivity index (χ4v) is 4.68. The molecule has 0 aliphatic carbocycles. The first-order valence-corrected chi connectivity index (χ1v) is 12.2. The van der Waals surface area contributed by atoms with E-state index in [-0.39, 0.29) is 19.0 Å². The van der Waals surface area contributed by atoms with Crippen LogP contribution in [0.2, 0.25) is 0 Å². The highest BCUT2D eigenvalue weighted by atomic mass is 32.2. The Morgan fingerprint density at radius 2 is 1.68 bits per heavy atom. The van der Waals surface area contributed by atoms with Crippen LogP contribution in [0, 0.1) is 12.8 Å². The molecule has 1 heterocycles. The van der Waals surface area contributed by atoms with Crippen LogP contribution < -0.4 is 4.74 Å². The predicted molar refractivity (Wildman–Crippen MR) is 128 cm³/mol. The lowest BCUT2D eigenvalue weighted by atomic mass is 9.89. The van der Waals surface area contributed by atoms with Gasteiger partial charge in [0.05, 0.1) is 29.4 Å². The molecule has 3 aromatic rings. The number of benzene rings is 3. The maximum Gasteiger partial charge on any atom is 0.308 e. The molecule has 0 aromatic heterocycles. The van der Waals surface area contributed by atoms with Gasteiger partial charge in [0.15, 0.2) is 11.1 Å². The molecule has 3 atom stereocenters. The van der Waals surface area contributed by atoms with E-state index in [0.29, 0.717) is 10.6 Å². The third-order valence-electron chi connectivity index (χ3n) is 5.65. The zero-order valence-corrected chi connectivity index (χ0v) is 20.2. The second kappa shape index (κ2) is 10.5. The molecule has 34 heavy (non-hydrogen) atoms. The van der Waals surface area contributed by atoms with Gasteiger partial charge in [-0.2, -0.15) is 0 Å². The molecule has 3 aromatic carbocycles. The summed E-state index contributed by atoms with van der Waals surface area (Å²) in [4.78, 5) is 12.7. The number of aryl methyl sites for hydroxylation is 1. The summed E-state index contributed by atoms with van der Waals surface area (Å²) in [6.45, 7) is 5.79. The molecule has 0 bridgehead atoms. The van der Waals surface area contributed by atoms with Crippen molar-refractivity contribution < 1.29 is 27.4 Å². The Kier molecular flexibility index (Phi) is 7.46. The molecular formula is C27H28O6S. The van der Waals surface area contributed by atoms with Gasteiger partial charge in [-0.1, -0.05) is 48.0 Å². The van der Waals surface area contributed by atoms with E-state index in [0.717, 1.165) is 16.9 Å². The first-order valence-electron chi connectivity index (χ1n) is 11.1. The molecule has 0 spiro atoms. The molecule has 0 amide bonds. The Morgan fingerprint density at radius 1 is 0.971 bits per heavy atom. The zero-order valence-electron chi connectivity index (χ0n) is 19.4. The molecule has 0 N–H and O–H groups in total. The Bertz CT molecular complexity index is 1140. The van der Waals surface area contributed by atoms with E-state index in [9.17, 15) is 9.00 Å². The van der Waals surface area contributed by atoms with Crippen LogP contribution in [0.3, 0.4) is 0 Å². The first kappa shape index (κ1) is 24.1. The minimum absolute atomic E-state index is 0.125. The van der Waals surface area contributed by atoms with Crippen molar-refractivity contribution in [3.8, 4) is 11.5 Å². The minimum Gasteiger partial charge on any atom is -0.457 e. The Labute approximate surface area is 202 Å². The van der Waals surface area contributed by atoms with E-state index in [1.54, 1.807) is 26.0 Å². The van der Waals surface area contributed by atoms with Gasteiger partial charge in [-0.15, -0.1) is 0 Å². The monoisotopic (exact) mass is 480 g/mol. The van der Waals surface area contributed by atoms with E-state index in [1.807, 2.05) is 73.7 Å². The molecule has 1 saturated heterocycles. The molecule has 1 aliphatic heterocycles. The van der Waals surface area contributed by atoms with Gasteiger partial charge in [0, 0.05) is 0 Å². The highest BCUT2D eigenvalue weighted by molar-refractivity contribution is 7.80. The topological polar surface area (TPSA) is 71.1 Å². The minimum atomic E-state index is -1.68. The van der Waals surface area contributed by atoms with Crippen LogP contribution in [-0.2, 0) is 36.1 Å². The average molecular weight is 481 g/mol. The molecule has 178 valence electrons. The van der Waals surface area contributed by atoms with Crippen LogP contribution in [0.1, 0.15) is 31.4 Å². The molecule has 3 unspecified atom stereocenters. The van der Waals surface area contributed by atoms with Crippen molar-refractivity contribution in [1.82, 2.24) is 0 Å². The van der Waals surface area contributed by atoms with E-state index >= 15 is 0 Å². The number of rotatable bonds is 9. The van der Waals surface area contributed by atoms with Gasteiger partial charge in [-0.3, -0.25) is 8.98 Å². The lowest BCUT2D eigenvalue weighted by Gasteiger charge is -2.32. The van der Waals surface area contributed by atoms with E-state index in [4.69, 9.17) is 18.4 Å². The molecule has 0 saturated carbocycles. The predicted octanol–water partition coefficient (Wildman–Crippen LogP) is 5.71. The van der Waals surface area contributed by atoms with Crippen molar-refractivity contribution in [1.29, 1.82) is 0 Å². The smallest absolute Gasteiger partial charge is 0.308 e. The van der Waals surface area contributed by atoms with Crippen LogP contribution >= 0.6 is 0 Å². The SMILES string of the molecule is Cc1ccc(S(=O)OC(C)(C)C2CC(=O)OC2OCc2cccc(Oc3ccccc3)c2)cc1. The highest BCUT2D eigenvalue weighted by Gasteiger charge is 2.47. The fraction of sp³-hybridized carbons (Fsp3) is 0.296. The number of ether oxygens (including phenoxy) is 3. The van der Waals surface area contributed by atoms with Crippen LogP contribution in [-0.4, -0.2) is 22.1 Å². The van der Waals surface area contributed by atoms with Gasteiger partial charge < -0.3 is 14.2 Å². The lowest BCUT2D eigenvalue weighted by molar-refractivity contribution is -0.179. The Hall–Kier alpha value is -3.00. The summed E-state index contributed by atoms with van der Waals surface area (Å²) in [5.41, 5.74) is 1.02. The summed E-state index contributed by atoms with van der Waals surface area (Å²) in [6.07, 6.45) is -0.684. The van der Waals surface area contributed by atoms with E-state index < -0.39 is 28.9 Å². The third kappa shape index (κ3) is 6.11. The van der Waals surface area contributed by atoms with Gasteiger partial charge in [-0.05, 0) is 62.7 Å². The van der Waals surface area contributed by atoms with E-state index in [2.05, 4.69) is 0 Å². The maximum absolute atomic E-state index is 12.8. The third-order valence-corrected chi connectivity index (χ3v) is 6.89. The van der Waals surface area contributed by atoms with Crippen molar-refractivity contribution in [3.05, 3.63) is 90.0 Å². The molecule has 0 radical (unpaired) electrons. The van der Waals surface area contributed by atoms with Crippen molar-refractivity contribution >= 4 is 17.0 Å². The molecule has 6 nitrogen and oxygen atoms in total. The Balaban J connectivity index is 1.40. The van der Waals surface area contributed by atoms with E-state index in [1.165, 1.54) is 0 Å². The lowest BCUT2D eigenvalue weighted by Crippen LogP contribution is -2.40. The second-order valence-electron chi connectivity index (χ2n) is 8.78. The number of hydrogen-bond donors (Lipinski definition) is 0. The summed E-state index contributed by atoms with van der Waals surface area (Å²) in [6, 6.07) is 24.4. The number of cyclic esters (lactones) is 1. The van der Waals surface area contributed by atoms with Gasteiger partial charge >= 0.3 is 5.97 Å². The van der Waals surface area contributed by atoms with Crippen LogP contribution in [0.25, 0.3) is 0 Å². The summed E-state index contributed by atoms with van der Waals surface area (Å²) in [5.74, 6) is 0.641. The Morgan fingerprint density at radius 3 is 2.41 bits per heavy atom. The van der Waals surface area contributed by atoms with Gasteiger partial charge in [0.1, 0.15) is 11.5 Å². The summed E-state index contributed by atoms with van der Waals surface area (Å²) < 4.78 is 36.0. The van der Waals surface area contributed by atoms with Crippen molar-refractivity contribution in [3.63, 3.8) is 0 Å². The maximum atomic E-state index is 12.8. The number of carbonyl (C=O) groups is 1. The highest BCUT2D eigenvalue weighted by Crippen LogP contribution is 2.37. The molecule has 4 rings (SSSR count). The fourth-order valence-electron chi connectivity index (χ4n) is 3.72. The zero-order chi connectivity index (χ0) is 24.1. The van der Waals surface area contributed by atoms with Gasteiger partial charge in [0.25, 0.3) is 0 Å². The molecular weight excluding hydrogens is 452 g/mol. The molecule has 1 fully saturated rings. The number of hydrogen-bond acceptors (Lipinski definition) is 6. The van der Waals surface area contributed by atoms with Crippen molar-refractivity contribution in [2.75, 3.05) is 0 Å². The largest absolute Gasteiger partial charge is 0.457 e. The van der Waals surface area contributed by atoms with Crippen LogP contribution in [0.15, 0.2) is 83.8 Å². The first-order chi connectivity index (χ1) is 16.3. The van der Waals surface area contributed by atoms with Crippen molar-refractivity contribution in [2.24, 2.45) is 5.92 Å².